The van der Waals surface area contributed by atoms with Crippen LogP contribution in [0.1, 0.15) is 39.0 Å². The molecule has 0 saturated carbocycles. The van der Waals surface area contributed by atoms with Crippen molar-refractivity contribution in [1.82, 2.24) is 15.2 Å². The molecule has 3 rings (SSSR count). The zero-order valence-electron chi connectivity index (χ0n) is 16.7. The zero-order chi connectivity index (χ0) is 21.1. The van der Waals surface area contributed by atoms with Crippen molar-refractivity contribution >= 4 is 23.5 Å². The summed E-state index contributed by atoms with van der Waals surface area (Å²) < 4.78 is 15.6. The fourth-order valence-corrected chi connectivity index (χ4v) is 3.66. The highest BCUT2D eigenvalue weighted by Gasteiger charge is 2.27. The molecule has 0 spiro atoms. The van der Waals surface area contributed by atoms with E-state index in [1.807, 2.05) is 12.1 Å². The van der Waals surface area contributed by atoms with Gasteiger partial charge in [0.25, 0.3) is 5.22 Å². The molecule has 0 bridgehead atoms. The number of H-pyrrole nitrogens is 1. The molecule has 1 atom stereocenters. The predicted molar refractivity (Wildman–Crippen MR) is 108 cm³/mol. The first kappa shape index (κ1) is 20.7. The number of rotatable bonds is 7. The molecular weight excluding hydrogens is 394 g/mol. The highest BCUT2D eigenvalue weighted by Crippen LogP contribution is 2.30. The van der Waals surface area contributed by atoms with Crippen molar-refractivity contribution in [2.45, 2.75) is 31.2 Å². The van der Waals surface area contributed by atoms with E-state index in [9.17, 15) is 9.59 Å². The van der Waals surface area contributed by atoms with Gasteiger partial charge >= 0.3 is 5.97 Å². The summed E-state index contributed by atoms with van der Waals surface area (Å²) in [6, 6.07) is 7.23. The number of methoxy groups -OCH3 is 2. The van der Waals surface area contributed by atoms with Crippen LogP contribution >= 0.6 is 11.8 Å². The van der Waals surface area contributed by atoms with Gasteiger partial charge in [0, 0.05) is 11.3 Å². The number of carbonyl (C=O) groups excluding carboxylic acids is 2. The number of nitrogens with zero attached hydrogens (tertiary/aromatic N) is 2. The number of ether oxygens (including phenoxy) is 2. The highest BCUT2D eigenvalue weighted by molar-refractivity contribution is 8.00. The molecular formula is C20H21N3O5S. The lowest BCUT2D eigenvalue weighted by molar-refractivity contribution is 0.0599. The number of benzene rings is 1. The number of nitrogens with one attached hydrogen (secondary N) is 1. The lowest BCUT2D eigenvalue weighted by Gasteiger charge is -2.07. The number of hydrogen-bond acceptors (Lipinski definition) is 8. The molecule has 0 aliphatic rings. The average Bonchev–Trinajstić information content (AvgIpc) is 3.31. The van der Waals surface area contributed by atoms with Gasteiger partial charge in [-0.05, 0) is 50.6 Å². The molecule has 8 nitrogen and oxygen atoms in total. The van der Waals surface area contributed by atoms with E-state index >= 15 is 0 Å². The van der Waals surface area contributed by atoms with Crippen LogP contribution in [0.15, 0.2) is 33.9 Å². The third-order valence-corrected chi connectivity index (χ3v) is 5.40. The van der Waals surface area contributed by atoms with Gasteiger partial charge in [0.2, 0.25) is 5.89 Å². The van der Waals surface area contributed by atoms with Gasteiger partial charge in [0.05, 0.1) is 30.7 Å². The van der Waals surface area contributed by atoms with E-state index in [4.69, 9.17) is 13.9 Å². The van der Waals surface area contributed by atoms with Gasteiger partial charge in [0.15, 0.2) is 5.78 Å². The molecule has 0 aliphatic carbocycles. The lowest BCUT2D eigenvalue weighted by Crippen LogP contribution is -2.15. The van der Waals surface area contributed by atoms with Crippen LogP contribution in [0.3, 0.4) is 0 Å². The summed E-state index contributed by atoms with van der Waals surface area (Å²) in [4.78, 5) is 27.8. The highest BCUT2D eigenvalue weighted by atomic mass is 32.2. The molecule has 9 heteroatoms. The summed E-state index contributed by atoms with van der Waals surface area (Å²) in [5.74, 6) is 0.436. The normalized spacial score (nSPS) is 11.9. The van der Waals surface area contributed by atoms with Crippen molar-refractivity contribution < 1.29 is 23.5 Å². The van der Waals surface area contributed by atoms with Crippen LogP contribution in [0, 0.1) is 13.8 Å². The molecule has 0 amide bonds. The Morgan fingerprint density at radius 1 is 1.14 bits per heavy atom. The van der Waals surface area contributed by atoms with Crippen LogP contribution in [0.2, 0.25) is 0 Å². The Balaban J connectivity index is 1.75. The Morgan fingerprint density at radius 3 is 2.45 bits per heavy atom. The van der Waals surface area contributed by atoms with Gasteiger partial charge in [-0.3, -0.25) is 4.79 Å². The van der Waals surface area contributed by atoms with Crippen LogP contribution in [-0.2, 0) is 4.74 Å². The molecule has 3 aromatic rings. The number of aromatic nitrogens is 3. The number of carbonyl (C=O) groups is 2. The quantitative estimate of drug-likeness (QED) is 0.352. The number of esters is 1. The maximum Gasteiger partial charge on any atom is 0.339 e. The molecule has 0 radical (unpaired) electrons. The largest absolute Gasteiger partial charge is 0.497 e. The van der Waals surface area contributed by atoms with E-state index in [0.717, 1.165) is 23.1 Å². The number of Topliss-reactive ketones (excluding diaryl/α,β-unsaturated/α-hetero) is 1. The predicted octanol–water partition coefficient (Wildman–Crippen LogP) is 3.84. The second kappa shape index (κ2) is 8.52. The average molecular weight is 415 g/mol. The fraction of sp³-hybridized carbons (Fsp3) is 0.300. The molecule has 1 N–H and O–H groups in total. The maximum atomic E-state index is 12.9. The Hall–Kier alpha value is -3.07. The van der Waals surface area contributed by atoms with E-state index in [2.05, 4.69) is 15.2 Å². The van der Waals surface area contributed by atoms with E-state index in [0.29, 0.717) is 28.4 Å². The van der Waals surface area contributed by atoms with E-state index in [1.165, 1.54) is 7.11 Å². The van der Waals surface area contributed by atoms with E-state index in [1.54, 1.807) is 40.0 Å². The first-order valence-electron chi connectivity index (χ1n) is 8.82. The third-order valence-electron chi connectivity index (χ3n) is 4.46. The Kier molecular flexibility index (Phi) is 6.07. The van der Waals surface area contributed by atoms with Crippen LogP contribution < -0.4 is 4.74 Å². The number of aryl methyl sites for hydroxylation is 1. The molecule has 2 heterocycles. The third kappa shape index (κ3) is 4.19. The molecule has 0 aliphatic heterocycles. The van der Waals surface area contributed by atoms with Crippen molar-refractivity contribution in [3.8, 4) is 17.2 Å². The van der Waals surface area contributed by atoms with Gasteiger partial charge in [-0.25, -0.2) is 4.79 Å². The second-order valence-electron chi connectivity index (χ2n) is 6.34. The minimum Gasteiger partial charge on any atom is -0.497 e. The van der Waals surface area contributed by atoms with Crippen molar-refractivity contribution in [2.75, 3.05) is 14.2 Å². The van der Waals surface area contributed by atoms with Crippen molar-refractivity contribution in [3.63, 3.8) is 0 Å². The molecule has 152 valence electrons. The Labute approximate surface area is 172 Å². The summed E-state index contributed by atoms with van der Waals surface area (Å²) in [5.41, 5.74) is 2.67. The van der Waals surface area contributed by atoms with Crippen LogP contribution in [-0.4, -0.2) is 46.4 Å². The molecule has 0 unspecified atom stereocenters. The molecule has 29 heavy (non-hydrogen) atoms. The SMILES string of the molecule is COC(=O)c1c(C)[nH]c(C(=O)[C@H](C)Sc2nnc(-c3ccc(OC)cc3)o2)c1C. The minimum absolute atomic E-state index is 0.171. The van der Waals surface area contributed by atoms with Gasteiger partial charge in [0.1, 0.15) is 5.75 Å². The van der Waals surface area contributed by atoms with Gasteiger partial charge < -0.3 is 18.9 Å². The first-order valence-corrected chi connectivity index (χ1v) is 9.70. The standard InChI is InChI=1S/C20H21N3O5S/c1-10-15(19(25)27-5)11(2)21-16(10)17(24)12(3)29-20-23-22-18(28-20)13-6-8-14(26-4)9-7-13/h6-9,12,21H,1-5H3/t12-/m0/s1. The fourth-order valence-electron chi connectivity index (χ4n) is 2.92. The minimum atomic E-state index is -0.499. The van der Waals surface area contributed by atoms with Crippen LogP contribution in [0.4, 0.5) is 0 Å². The summed E-state index contributed by atoms with van der Waals surface area (Å²) in [7, 11) is 2.90. The number of thioether (sulfide) groups is 1. The lowest BCUT2D eigenvalue weighted by atomic mass is 10.1. The number of aromatic amines is 1. The van der Waals surface area contributed by atoms with Gasteiger partial charge in [-0.1, -0.05) is 11.8 Å². The molecule has 0 fully saturated rings. The van der Waals surface area contributed by atoms with Gasteiger partial charge in [-0.2, -0.15) is 0 Å². The summed E-state index contributed by atoms with van der Waals surface area (Å²) >= 11 is 1.16. The monoisotopic (exact) mass is 415 g/mol. The smallest absolute Gasteiger partial charge is 0.339 e. The summed E-state index contributed by atoms with van der Waals surface area (Å²) in [6.07, 6.45) is 0. The van der Waals surface area contributed by atoms with Crippen LogP contribution in [0.5, 0.6) is 5.75 Å². The van der Waals surface area contributed by atoms with Gasteiger partial charge in [-0.15, -0.1) is 10.2 Å². The topological polar surface area (TPSA) is 107 Å². The Morgan fingerprint density at radius 2 is 1.83 bits per heavy atom. The van der Waals surface area contributed by atoms with Crippen molar-refractivity contribution in [3.05, 3.63) is 46.8 Å². The number of hydrogen-bond donors (Lipinski definition) is 1. The Bertz CT molecular complexity index is 1040. The van der Waals surface area contributed by atoms with Crippen LogP contribution in [0.25, 0.3) is 11.5 Å². The zero-order valence-corrected chi connectivity index (χ0v) is 17.5. The molecule has 1 aromatic carbocycles. The number of ketones is 1. The maximum absolute atomic E-state index is 12.9. The van der Waals surface area contributed by atoms with E-state index < -0.39 is 11.2 Å². The second-order valence-corrected chi connectivity index (χ2v) is 7.63. The van der Waals surface area contributed by atoms with E-state index in [-0.39, 0.29) is 11.0 Å². The molecule has 0 saturated heterocycles. The summed E-state index contributed by atoms with van der Waals surface area (Å²) in [5, 5.41) is 7.84. The summed E-state index contributed by atoms with van der Waals surface area (Å²) in [6.45, 7) is 5.19. The van der Waals surface area contributed by atoms with Crippen molar-refractivity contribution in [1.29, 1.82) is 0 Å². The molecule has 2 aromatic heterocycles. The van der Waals surface area contributed by atoms with Crippen molar-refractivity contribution in [2.24, 2.45) is 0 Å². The first-order chi connectivity index (χ1) is 13.8.